The van der Waals surface area contributed by atoms with E-state index in [4.69, 9.17) is 29.3 Å². The summed E-state index contributed by atoms with van der Waals surface area (Å²) in [6.07, 6.45) is 16.1. The van der Waals surface area contributed by atoms with Gasteiger partial charge in [-0.3, -0.25) is 29.4 Å². The lowest BCUT2D eigenvalue weighted by atomic mass is 9.90. The molecule has 1 unspecified atom stereocenters. The second-order valence-corrected chi connectivity index (χ2v) is 19.2. The number of piperidine rings is 1. The molecule has 5 aromatic rings. The van der Waals surface area contributed by atoms with Gasteiger partial charge in [0.15, 0.2) is 0 Å². The lowest BCUT2D eigenvalue weighted by Crippen LogP contribution is -2.65. The minimum absolute atomic E-state index is 0.224. The zero-order valence-corrected chi connectivity index (χ0v) is 38.4. The molecule has 4 aromatic heterocycles. The molecule has 356 valence electrons. The lowest BCUT2D eigenvalue weighted by molar-refractivity contribution is -0.133. The Hall–Kier alpha value is -6.20. The van der Waals surface area contributed by atoms with Crippen molar-refractivity contribution in [2.24, 2.45) is 5.92 Å². The molecule has 5 saturated heterocycles. The first-order chi connectivity index (χ1) is 33.3. The molecule has 0 radical (unpaired) electrons. The minimum atomic E-state index is -0.641. The number of fused-ring (bicyclic) bond motifs is 3. The molecule has 1 saturated carbocycles. The van der Waals surface area contributed by atoms with E-state index in [1.165, 1.54) is 13.2 Å². The van der Waals surface area contributed by atoms with E-state index in [9.17, 15) is 14.9 Å². The Morgan fingerprint density at radius 1 is 0.868 bits per heavy atom. The van der Waals surface area contributed by atoms with Crippen LogP contribution in [0, 0.1) is 23.1 Å². The Morgan fingerprint density at radius 2 is 1.65 bits per heavy atom. The number of methoxy groups -OCH3 is 1. The van der Waals surface area contributed by atoms with Gasteiger partial charge in [0.1, 0.15) is 40.6 Å². The van der Waals surface area contributed by atoms with Gasteiger partial charge in [-0.05, 0) is 63.0 Å². The van der Waals surface area contributed by atoms with E-state index in [1.54, 1.807) is 16.8 Å². The number of pyridine rings is 1. The number of hydrogen-bond acceptors (Lipinski definition) is 15. The van der Waals surface area contributed by atoms with Crippen molar-refractivity contribution in [1.82, 2.24) is 44.5 Å². The number of halogens is 1. The van der Waals surface area contributed by atoms with Crippen molar-refractivity contribution in [1.29, 1.82) is 5.26 Å². The zero-order valence-electron chi connectivity index (χ0n) is 38.4. The van der Waals surface area contributed by atoms with Gasteiger partial charge >= 0.3 is 0 Å². The molecule has 1 aromatic carbocycles. The topological polar surface area (TPSA) is 184 Å². The number of rotatable bonds is 11. The molecule has 19 heteroatoms. The maximum Gasteiger partial charge on any atom is 0.249 e. The van der Waals surface area contributed by atoms with Crippen molar-refractivity contribution < 1.29 is 28.2 Å². The molecule has 5 aliphatic heterocycles. The Bertz CT molecular complexity index is 2670. The summed E-state index contributed by atoms with van der Waals surface area (Å²) in [6.45, 7) is 9.00. The number of ether oxygens (including phenoxy) is 3. The second-order valence-electron chi connectivity index (χ2n) is 19.2. The van der Waals surface area contributed by atoms with E-state index in [2.05, 4.69) is 64.4 Å². The van der Waals surface area contributed by atoms with Crippen LogP contribution >= 0.6 is 0 Å². The van der Waals surface area contributed by atoms with Gasteiger partial charge in [0, 0.05) is 107 Å². The lowest BCUT2D eigenvalue weighted by Gasteiger charge is -2.51. The van der Waals surface area contributed by atoms with Crippen molar-refractivity contribution in [2.75, 3.05) is 94.5 Å². The third-order valence-electron chi connectivity index (χ3n) is 15.1. The first-order valence-electron chi connectivity index (χ1n) is 24.2. The highest BCUT2D eigenvalue weighted by Gasteiger charge is 2.40. The van der Waals surface area contributed by atoms with Crippen LogP contribution < -0.4 is 25.2 Å². The number of carbonyl (C=O) groups excluding carboxylic acids is 2. The molecule has 2 bridgehead atoms. The van der Waals surface area contributed by atoms with Crippen LogP contribution in [0.5, 0.6) is 5.75 Å². The Balaban J connectivity index is 0.723. The van der Waals surface area contributed by atoms with Gasteiger partial charge in [-0.25, -0.2) is 18.9 Å². The summed E-state index contributed by atoms with van der Waals surface area (Å²) in [6, 6.07) is 10.2. The fourth-order valence-corrected chi connectivity index (χ4v) is 11.4. The Kier molecular flexibility index (Phi) is 12.4. The fourth-order valence-electron chi connectivity index (χ4n) is 11.4. The summed E-state index contributed by atoms with van der Waals surface area (Å²) in [7, 11) is 1.53. The highest BCUT2D eigenvalue weighted by molar-refractivity contribution is 6.01. The maximum absolute atomic E-state index is 15.6. The number of aromatic nitrogens is 6. The molecule has 0 spiro atoms. The summed E-state index contributed by atoms with van der Waals surface area (Å²) in [5.74, 6) is 0.935. The number of imide groups is 1. The van der Waals surface area contributed by atoms with E-state index >= 15 is 4.39 Å². The molecule has 3 atom stereocenters. The molecule has 2 amide bonds. The average molecular weight is 928 g/mol. The SMILES string of the molecule is COc1cc(N2CCN([C@H]3CC[C@H](n4cc(-c5cn6ncc(C#N)c6c(-c6ccc(N7C[C@H]8COC[C@@H](C7)N8CC7CCOCC7)nc6)n5)cn4)CC3)CC2)c(F)cc1NC1CCC(=O)NC1=O. The predicted octanol–water partition coefficient (Wildman–Crippen LogP) is 4.51. The molecule has 9 heterocycles. The molecule has 68 heavy (non-hydrogen) atoms. The first kappa shape index (κ1) is 44.3. The van der Waals surface area contributed by atoms with Crippen molar-refractivity contribution in [3.63, 3.8) is 0 Å². The standard InChI is InChI=1S/C49H58FN13O5/c1-66-44-19-43(39(50)18-41(44)55-40-7-9-46(64)57-49(40)65)59-14-12-58(13-15-59)35-3-5-36(6-4-35)62-25-34(23-53-62)42-28-63-48(33(20-51)22-54-63)47(56-42)32-2-8-45(52-21-32)60-26-37-29-68-30-38(27-60)61(37)24-31-10-16-67-17-11-31/h2,8,18-19,21-23,25,28,31,35-38,40,55H,3-7,9-17,24,26-27,29-30H2,1H3,(H,57,64,65)/t35-,36-,37-,38+,40?. The van der Waals surface area contributed by atoms with Gasteiger partial charge in [0.05, 0.1) is 79.8 Å². The number of carbonyl (C=O) groups is 2. The summed E-state index contributed by atoms with van der Waals surface area (Å²) >= 11 is 0. The van der Waals surface area contributed by atoms with Gasteiger partial charge in [-0.15, -0.1) is 0 Å². The monoisotopic (exact) mass is 927 g/mol. The van der Waals surface area contributed by atoms with Crippen molar-refractivity contribution in [2.45, 2.75) is 81.6 Å². The van der Waals surface area contributed by atoms with E-state index in [0.717, 1.165) is 115 Å². The largest absolute Gasteiger partial charge is 0.495 e. The molecule has 11 rings (SSSR count). The second kappa shape index (κ2) is 19.1. The van der Waals surface area contributed by atoms with Crippen LogP contribution in [-0.4, -0.2) is 154 Å². The molecular formula is C49H58FN13O5. The van der Waals surface area contributed by atoms with Gasteiger partial charge in [0.2, 0.25) is 11.8 Å². The number of hydrogen-bond donors (Lipinski definition) is 2. The summed E-state index contributed by atoms with van der Waals surface area (Å²) < 4.78 is 36.7. The van der Waals surface area contributed by atoms with Crippen molar-refractivity contribution in [3.05, 3.63) is 66.6 Å². The predicted molar refractivity (Wildman–Crippen MR) is 251 cm³/mol. The van der Waals surface area contributed by atoms with Crippen LogP contribution in [0.2, 0.25) is 0 Å². The van der Waals surface area contributed by atoms with Crippen LogP contribution in [0.15, 0.2) is 55.2 Å². The normalized spacial score (nSPS) is 25.3. The smallest absolute Gasteiger partial charge is 0.249 e. The van der Waals surface area contributed by atoms with E-state index in [-0.39, 0.29) is 24.2 Å². The number of benzene rings is 1. The van der Waals surface area contributed by atoms with Crippen molar-refractivity contribution in [3.8, 4) is 34.3 Å². The molecular weight excluding hydrogens is 870 g/mol. The van der Waals surface area contributed by atoms with Gasteiger partial charge in [0.25, 0.3) is 0 Å². The molecule has 6 aliphatic rings. The molecule has 6 fully saturated rings. The summed E-state index contributed by atoms with van der Waals surface area (Å²) in [5, 5.41) is 24.9. The van der Waals surface area contributed by atoms with Gasteiger partial charge < -0.3 is 29.3 Å². The van der Waals surface area contributed by atoms with Gasteiger partial charge in [-0.2, -0.15) is 15.5 Å². The molecule has 1 aliphatic carbocycles. The summed E-state index contributed by atoms with van der Waals surface area (Å²) in [5.41, 5.74) is 5.01. The average Bonchev–Trinajstić information content (AvgIpc) is 4.04. The third kappa shape index (κ3) is 8.86. The Morgan fingerprint density at radius 3 is 2.37 bits per heavy atom. The number of morpholine rings is 1. The van der Waals surface area contributed by atoms with Crippen LogP contribution in [0.4, 0.5) is 21.6 Å². The quantitative estimate of drug-likeness (QED) is 0.176. The first-order valence-corrected chi connectivity index (χ1v) is 24.2. The van der Waals surface area contributed by atoms with Crippen LogP contribution in [0.3, 0.4) is 0 Å². The van der Waals surface area contributed by atoms with E-state index < -0.39 is 11.9 Å². The fraction of sp³-hybridized carbons (Fsp3) is 0.531. The van der Waals surface area contributed by atoms with E-state index in [1.807, 2.05) is 18.6 Å². The number of nitrogens with one attached hydrogen (secondary N) is 2. The van der Waals surface area contributed by atoms with Crippen LogP contribution in [-0.2, 0) is 19.1 Å². The number of nitrogens with zero attached hydrogens (tertiary/aromatic N) is 11. The minimum Gasteiger partial charge on any atom is -0.495 e. The number of nitriles is 1. The molecule has 2 N–H and O–H groups in total. The van der Waals surface area contributed by atoms with Crippen LogP contribution in [0.25, 0.3) is 28.0 Å². The number of anilines is 3. The molecule has 18 nitrogen and oxygen atoms in total. The highest BCUT2D eigenvalue weighted by Crippen LogP contribution is 2.37. The number of piperazine rings is 2. The summed E-state index contributed by atoms with van der Waals surface area (Å²) in [4.78, 5) is 43.8. The zero-order chi connectivity index (χ0) is 46.3. The maximum atomic E-state index is 15.6. The highest BCUT2D eigenvalue weighted by atomic mass is 19.1. The third-order valence-corrected chi connectivity index (χ3v) is 15.1. The van der Waals surface area contributed by atoms with Crippen molar-refractivity contribution >= 4 is 34.5 Å². The van der Waals surface area contributed by atoms with Crippen LogP contribution in [0.1, 0.15) is 63.0 Å². The Labute approximate surface area is 394 Å². The van der Waals surface area contributed by atoms with Gasteiger partial charge in [-0.1, -0.05) is 0 Å². The number of amides is 2. The van der Waals surface area contributed by atoms with E-state index in [0.29, 0.717) is 83.1 Å².